The first kappa shape index (κ1) is 8.73. The third-order valence-electron chi connectivity index (χ3n) is 1.27. The van der Waals surface area contributed by atoms with Crippen molar-refractivity contribution in [3.05, 3.63) is 18.2 Å². The Balaban J connectivity index is 2.40. The number of hydrogen-bond donors (Lipinski definition) is 3. The van der Waals surface area contributed by atoms with Gasteiger partial charge in [0.15, 0.2) is 5.82 Å². The summed E-state index contributed by atoms with van der Waals surface area (Å²) >= 11 is 0. The summed E-state index contributed by atoms with van der Waals surface area (Å²) in [6.45, 7) is 1.84. The first-order chi connectivity index (χ1) is 5.70. The minimum atomic E-state index is -0.538. The van der Waals surface area contributed by atoms with Crippen molar-refractivity contribution in [2.24, 2.45) is 0 Å². The van der Waals surface area contributed by atoms with Crippen LogP contribution in [0.25, 0.3) is 0 Å². The molecule has 0 aliphatic heterocycles. The van der Waals surface area contributed by atoms with Gasteiger partial charge in [-0.15, -0.1) is 0 Å². The maximum absolute atomic E-state index is 11.1. The first-order valence-electron chi connectivity index (χ1n) is 3.66. The normalized spacial score (nSPS) is 12.5. The number of carbonyl (C=O) groups is 1. The van der Waals surface area contributed by atoms with E-state index in [2.05, 4.69) is 15.3 Å². The van der Waals surface area contributed by atoms with Crippen molar-refractivity contribution in [3.63, 3.8) is 0 Å². The fourth-order valence-corrected chi connectivity index (χ4v) is 0.714. The molecule has 1 heterocycles. The van der Waals surface area contributed by atoms with Crippen molar-refractivity contribution >= 4 is 5.91 Å². The molecule has 1 aromatic rings. The predicted octanol–water partition coefficient (Wildman–Crippen LogP) is -0.480. The standard InChI is InChI=1S/C7H11N3O2/c1-5(11)4-10-7(12)6-8-2-3-9-6/h2-3,5,11H,4H2,1H3,(H,8,9)(H,10,12). The monoisotopic (exact) mass is 169 g/mol. The fraction of sp³-hybridized carbons (Fsp3) is 0.429. The minimum Gasteiger partial charge on any atom is -0.392 e. The molecule has 0 aromatic carbocycles. The van der Waals surface area contributed by atoms with Crippen LogP contribution in [0, 0.1) is 0 Å². The maximum Gasteiger partial charge on any atom is 0.287 e. The average molecular weight is 169 g/mol. The lowest BCUT2D eigenvalue weighted by molar-refractivity contribution is 0.0914. The third kappa shape index (κ3) is 2.35. The number of carbonyl (C=O) groups excluding carboxylic acids is 1. The Morgan fingerprint density at radius 3 is 3.17 bits per heavy atom. The van der Waals surface area contributed by atoms with Crippen LogP contribution in [0.5, 0.6) is 0 Å². The molecule has 0 radical (unpaired) electrons. The molecule has 1 amide bonds. The molecule has 0 saturated carbocycles. The van der Waals surface area contributed by atoms with Crippen molar-refractivity contribution in [3.8, 4) is 0 Å². The molecule has 1 atom stereocenters. The molecule has 0 bridgehead atoms. The minimum absolute atomic E-state index is 0.236. The van der Waals surface area contributed by atoms with Crippen LogP contribution in [0.2, 0.25) is 0 Å². The number of aliphatic hydroxyl groups is 1. The fourth-order valence-electron chi connectivity index (χ4n) is 0.714. The number of amides is 1. The van der Waals surface area contributed by atoms with E-state index in [9.17, 15) is 4.79 Å². The zero-order valence-electron chi connectivity index (χ0n) is 6.74. The van der Waals surface area contributed by atoms with Crippen LogP contribution >= 0.6 is 0 Å². The average Bonchev–Trinajstić information content (AvgIpc) is 2.51. The number of rotatable bonds is 3. The van der Waals surface area contributed by atoms with Gasteiger partial charge in [-0.3, -0.25) is 4.79 Å². The van der Waals surface area contributed by atoms with Gasteiger partial charge in [-0.05, 0) is 6.92 Å². The highest BCUT2D eigenvalue weighted by atomic mass is 16.3. The Labute approximate surface area is 69.8 Å². The molecule has 0 aliphatic carbocycles. The van der Waals surface area contributed by atoms with Crippen LogP contribution < -0.4 is 5.32 Å². The smallest absolute Gasteiger partial charge is 0.287 e. The Hall–Kier alpha value is -1.36. The van der Waals surface area contributed by atoms with Crippen molar-refractivity contribution in [2.75, 3.05) is 6.54 Å². The highest BCUT2D eigenvalue weighted by Gasteiger charge is 2.07. The quantitative estimate of drug-likeness (QED) is 0.572. The van der Waals surface area contributed by atoms with Crippen molar-refractivity contribution in [2.45, 2.75) is 13.0 Å². The van der Waals surface area contributed by atoms with Gasteiger partial charge < -0.3 is 15.4 Å². The SMILES string of the molecule is CC(O)CNC(=O)c1ncc[nH]1. The van der Waals surface area contributed by atoms with E-state index < -0.39 is 6.10 Å². The molecular formula is C7H11N3O2. The highest BCUT2D eigenvalue weighted by Crippen LogP contribution is 1.87. The van der Waals surface area contributed by atoms with Crippen LogP contribution in [0.4, 0.5) is 0 Å². The van der Waals surface area contributed by atoms with Crippen molar-refractivity contribution < 1.29 is 9.90 Å². The van der Waals surface area contributed by atoms with E-state index >= 15 is 0 Å². The first-order valence-corrected chi connectivity index (χ1v) is 3.66. The lowest BCUT2D eigenvalue weighted by Crippen LogP contribution is -2.31. The second-order valence-corrected chi connectivity index (χ2v) is 2.50. The molecule has 5 heteroatoms. The van der Waals surface area contributed by atoms with E-state index in [1.54, 1.807) is 13.1 Å². The Bertz CT molecular complexity index is 243. The van der Waals surface area contributed by atoms with Gasteiger partial charge in [0.05, 0.1) is 6.10 Å². The van der Waals surface area contributed by atoms with Gasteiger partial charge in [-0.25, -0.2) is 4.98 Å². The summed E-state index contributed by atoms with van der Waals surface area (Å²) in [7, 11) is 0. The number of nitrogens with zero attached hydrogens (tertiary/aromatic N) is 1. The molecule has 1 rings (SSSR count). The lowest BCUT2D eigenvalue weighted by atomic mass is 10.4. The van der Waals surface area contributed by atoms with Crippen LogP contribution in [0.3, 0.4) is 0 Å². The summed E-state index contributed by atoms with van der Waals surface area (Å²) in [4.78, 5) is 17.5. The lowest BCUT2D eigenvalue weighted by Gasteiger charge is -2.04. The zero-order chi connectivity index (χ0) is 8.97. The molecule has 0 fully saturated rings. The second kappa shape index (κ2) is 3.87. The summed E-state index contributed by atoms with van der Waals surface area (Å²) in [6.07, 6.45) is 2.53. The Kier molecular flexibility index (Phi) is 2.82. The Morgan fingerprint density at radius 1 is 1.92 bits per heavy atom. The third-order valence-corrected chi connectivity index (χ3v) is 1.27. The molecule has 12 heavy (non-hydrogen) atoms. The number of imidazole rings is 1. The molecular weight excluding hydrogens is 158 g/mol. The van der Waals surface area contributed by atoms with E-state index in [1.165, 1.54) is 6.20 Å². The van der Waals surface area contributed by atoms with Crippen LogP contribution in [-0.4, -0.2) is 33.6 Å². The molecule has 0 spiro atoms. The topological polar surface area (TPSA) is 78.0 Å². The van der Waals surface area contributed by atoms with Gasteiger partial charge in [0.2, 0.25) is 0 Å². The van der Waals surface area contributed by atoms with E-state index in [0.29, 0.717) is 0 Å². The number of hydrogen-bond acceptors (Lipinski definition) is 3. The van der Waals surface area contributed by atoms with E-state index in [0.717, 1.165) is 0 Å². The molecule has 5 nitrogen and oxygen atoms in total. The molecule has 66 valence electrons. The summed E-state index contributed by atoms with van der Waals surface area (Å²) < 4.78 is 0. The van der Waals surface area contributed by atoms with E-state index in [4.69, 9.17) is 5.11 Å². The number of aromatic amines is 1. The molecule has 1 unspecified atom stereocenters. The molecule has 1 aromatic heterocycles. The zero-order valence-corrected chi connectivity index (χ0v) is 6.74. The Morgan fingerprint density at radius 2 is 2.67 bits per heavy atom. The summed E-state index contributed by atoms with van der Waals surface area (Å²) in [5.74, 6) is -0.0449. The maximum atomic E-state index is 11.1. The number of aliphatic hydroxyl groups excluding tert-OH is 1. The summed E-state index contributed by atoms with van der Waals surface area (Å²) in [5.41, 5.74) is 0. The summed E-state index contributed by atoms with van der Waals surface area (Å²) in [5, 5.41) is 11.4. The van der Waals surface area contributed by atoms with Gasteiger partial charge >= 0.3 is 0 Å². The van der Waals surface area contributed by atoms with Crippen molar-refractivity contribution in [1.82, 2.24) is 15.3 Å². The van der Waals surface area contributed by atoms with E-state index in [1.807, 2.05) is 0 Å². The van der Waals surface area contributed by atoms with Crippen LogP contribution in [-0.2, 0) is 0 Å². The van der Waals surface area contributed by atoms with Gasteiger partial charge in [0.1, 0.15) is 0 Å². The molecule has 0 saturated heterocycles. The number of nitrogens with one attached hydrogen (secondary N) is 2. The highest BCUT2D eigenvalue weighted by molar-refractivity contribution is 5.90. The molecule has 3 N–H and O–H groups in total. The van der Waals surface area contributed by atoms with Gasteiger partial charge in [0.25, 0.3) is 5.91 Å². The number of aromatic nitrogens is 2. The summed E-state index contributed by atoms with van der Waals surface area (Å²) in [6, 6.07) is 0. The van der Waals surface area contributed by atoms with Gasteiger partial charge in [0, 0.05) is 18.9 Å². The van der Waals surface area contributed by atoms with E-state index in [-0.39, 0.29) is 18.3 Å². The second-order valence-electron chi connectivity index (χ2n) is 2.50. The van der Waals surface area contributed by atoms with Crippen molar-refractivity contribution in [1.29, 1.82) is 0 Å². The number of H-pyrrole nitrogens is 1. The predicted molar refractivity (Wildman–Crippen MR) is 42.6 cm³/mol. The molecule has 0 aliphatic rings. The largest absolute Gasteiger partial charge is 0.392 e. The van der Waals surface area contributed by atoms with Gasteiger partial charge in [-0.2, -0.15) is 0 Å². The van der Waals surface area contributed by atoms with Crippen LogP contribution in [0.15, 0.2) is 12.4 Å². The van der Waals surface area contributed by atoms with Gasteiger partial charge in [-0.1, -0.05) is 0 Å². The van der Waals surface area contributed by atoms with Crippen LogP contribution in [0.1, 0.15) is 17.5 Å².